The third-order valence-electron chi connectivity index (χ3n) is 3.81. The van der Waals surface area contributed by atoms with Gasteiger partial charge in [-0.25, -0.2) is 0 Å². The van der Waals surface area contributed by atoms with Crippen LogP contribution < -0.4 is 19.5 Å². The molecule has 0 saturated carbocycles. The minimum Gasteiger partial charge on any atom is -0.495 e. The van der Waals surface area contributed by atoms with Gasteiger partial charge in [-0.05, 0) is 30.2 Å². The van der Waals surface area contributed by atoms with Gasteiger partial charge < -0.3 is 19.5 Å². The molecule has 0 unspecified atom stereocenters. The fraction of sp³-hybridized carbons (Fsp3) is 0.286. The van der Waals surface area contributed by atoms with Crippen LogP contribution in [0.2, 0.25) is 5.02 Å². The third-order valence-corrected chi connectivity index (χ3v) is 4.10. The molecule has 0 atom stereocenters. The van der Waals surface area contributed by atoms with Crippen LogP contribution in [0.4, 0.5) is 5.69 Å². The zero-order valence-corrected chi connectivity index (χ0v) is 16.5. The number of anilines is 1. The van der Waals surface area contributed by atoms with Crippen molar-refractivity contribution in [3.8, 4) is 17.2 Å². The van der Waals surface area contributed by atoms with Crippen molar-refractivity contribution >= 4 is 29.3 Å². The Morgan fingerprint density at radius 2 is 1.81 bits per heavy atom. The molecule has 1 amide bonds. The summed E-state index contributed by atoms with van der Waals surface area (Å²) in [6.07, 6.45) is 5.30. The fourth-order valence-electron chi connectivity index (χ4n) is 2.31. The number of unbranched alkanes of at least 4 members (excludes halogenated alkanes) is 1. The Labute approximate surface area is 164 Å². The van der Waals surface area contributed by atoms with E-state index in [9.17, 15) is 4.79 Å². The molecule has 0 radical (unpaired) electrons. The van der Waals surface area contributed by atoms with Gasteiger partial charge in [0, 0.05) is 18.2 Å². The minimum atomic E-state index is -0.291. The summed E-state index contributed by atoms with van der Waals surface area (Å²) >= 11 is 6.07. The summed E-state index contributed by atoms with van der Waals surface area (Å²) in [5.74, 6) is 1.44. The lowest BCUT2D eigenvalue weighted by Gasteiger charge is -2.12. The van der Waals surface area contributed by atoms with Crippen LogP contribution in [0.5, 0.6) is 17.2 Å². The number of methoxy groups -OCH3 is 2. The lowest BCUT2D eigenvalue weighted by atomic mass is 10.2. The molecule has 0 heterocycles. The van der Waals surface area contributed by atoms with Gasteiger partial charge in [-0.1, -0.05) is 37.1 Å². The second kappa shape index (κ2) is 10.5. The Kier molecular flexibility index (Phi) is 8.01. The first-order chi connectivity index (χ1) is 13.1. The summed E-state index contributed by atoms with van der Waals surface area (Å²) < 4.78 is 16.0. The highest BCUT2D eigenvalue weighted by molar-refractivity contribution is 6.32. The average molecular weight is 390 g/mol. The quantitative estimate of drug-likeness (QED) is 0.473. The molecule has 2 aromatic carbocycles. The second-order valence-electron chi connectivity index (χ2n) is 5.78. The van der Waals surface area contributed by atoms with Gasteiger partial charge in [-0.2, -0.15) is 0 Å². The number of hydrogen-bond acceptors (Lipinski definition) is 4. The van der Waals surface area contributed by atoms with Crippen LogP contribution in [0.15, 0.2) is 42.5 Å². The van der Waals surface area contributed by atoms with Gasteiger partial charge in [0.05, 0.1) is 31.5 Å². The maximum atomic E-state index is 12.2. The van der Waals surface area contributed by atoms with Crippen LogP contribution in [0.3, 0.4) is 0 Å². The van der Waals surface area contributed by atoms with Crippen molar-refractivity contribution in [3.63, 3.8) is 0 Å². The summed E-state index contributed by atoms with van der Waals surface area (Å²) in [4.78, 5) is 12.2. The number of nitrogens with one attached hydrogen (secondary N) is 1. The van der Waals surface area contributed by atoms with Gasteiger partial charge in [0.2, 0.25) is 5.91 Å². The second-order valence-corrected chi connectivity index (χ2v) is 6.19. The number of carbonyl (C=O) groups excluding carboxylic acids is 1. The largest absolute Gasteiger partial charge is 0.495 e. The number of ether oxygens (including phenoxy) is 3. The molecule has 0 aliphatic carbocycles. The van der Waals surface area contributed by atoms with Crippen LogP contribution in [-0.2, 0) is 4.79 Å². The van der Waals surface area contributed by atoms with E-state index in [-0.39, 0.29) is 5.91 Å². The number of rotatable bonds is 9. The van der Waals surface area contributed by atoms with E-state index in [1.54, 1.807) is 18.2 Å². The van der Waals surface area contributed by atoms with E-state index in [0.29, 0.717) is 28.8 Å². The highest BCUT2D eigenvalue weighted by atomic mass is 35.5. The van der Waals surface area contributed by atoms with E-state index in [1.807, 2.05) is 24.3 Å². The molecule has 0 bridgehead atoms. The molecule has 0 aliphatic heterocycles. The first kappa shape index (κ1) is 20.6. The Balaban J connectivity index is 2.01. The van der Waals surface area contributed by atoms with Crippen LogP contribution in [0.1, 0.15) is 25.3 Å². The Morgan fingerprint density at radius 3 is 2.44 bits per heavy atom. The fourth-order valence-corrected chi connectivity index (χ4v) is 2.54. The van der Waals surface area contributed by atoms with Crippen molar-refractivity contribution in [2.75, 3.05) is 26.1 Å². The van der Waals surface area contributed by atoms with Crippen molar-refractivity contribution in [2.24, 2.45) is 0 Å². The smallest absolute Gasteiger partial charge is 0.248 e. The molecule has 144 valence electrons. The summed E-state index contributed by atoms with van der Waals surface area (Å²) in [7, 11) is 3.02. The first-order valence-electron chi connectivity index (χ1n) is 8.70. The number of amides is 1. The maximum Gasteiger partial charge on any atom is 0.248 e. The van der Waals surface area contributed by atoms with Gasteiger partial charge in [0.25, 0.3) is 0 Å². The van der Waals surface area contributed by atoms with Crippen molar-refractivity contribution in [3.05, 3.63) is 53.1 Å². The molecule has 2 aromatic rings. The molecule has 0 spiro atoms. The maximum absolute atomic E-state index is 12.2. The summed E-state index contributed by atoms with van der Waals surface area (Å²) in [5.41, 5.74) is 1.38. The molecule has 2 rings (SSSR count). The van der Waals surface area contributed by atoms with Gasteiger partial charge in [0.15, 0.2) is 0 Å². The zero-order valence-electron chi connectivity index (χ0n) is 15.8. The monoisotopic (exact) mass is 389 g/mol. The number of carbonyl (C=O) groups is 1. The summed E-state index contributed by atoms with van der Waals surface area (Å²) in [6, 6.07) is 10.8. The Morgan fingerprint density at radius 1 is 1.11 bits per heavy atom. The summed E-state index contributed by atoms with van der Waals surface area (Å²) in [6.45, 7) is 2.83. The van der Waals surface area contributed by atoms with Crippen molar-refractivity contribution in [1.82, 2.24) is 0 Å². The van der Waals surface area contributed by atoms with Gasteiger partial charge in [-0.3, -0.25) is 4.79 Å². The third kappa shape index (κ3) is 6.22. The molecule has 0 saturated heterocycles. The standard InChI is InChI=1S/C21H24ClNO4/c1-4-5-12-27-16-9-6-15(7-10-16)8-11-21(24)23-18-14-19(25-2)17(22)13-20(18)26-3/h6-11,13-14H,4-5,12H2,1-3H3,(H,23,24)/b11-8+. The van der Waals surface area contributed by atoms with E-state index in [4.69, 9.17) is 25.8 Å². The van der Waals surface area contributed by atoms with Gasteiger partial charge in [-0.15, -0.1) is 0 Å². The summed E-state index contributed by atoms with van der Waals surface area (Å²) in [5, 5.41) is 3.17. The molecular formula is C21H24ClNO4. The predicted octanol–water partition coefficient (Wildman–Crippen LogP) is 5.19. The zero-order chi connectivity index (χ0) is 19.6. The van der Waals surface area contributed by atoms with E-state index >= 15 is 0 Å². The SMILES string of the molecule is CCCCOc1ccc(/C=C/C(=O)Nc2cc(OC)c(Cl)cc2OC)cc1. The minimum absolute atomic E-state index is 0.291. The number of halogens is 1. The van der Waals surface area contributed by atoms with Gasteiger partial charge in [0.1, 0.15) is 17.2 Å². The molecule has 0 aliphatic rings. The lowest BCUT2D eigenvalue weighted by molar-refractivity contribution is -0.111. The van der Waals surface area contributed by atoms with Crippen molar-refractivity contribution < 1.29 is 19.0 Å². The van der Waals surface area contributed by atoms with E-state index in [2.05, 4.69) is 12.2 Å². The highest BCUT2D eigenvalue weighted by Gasteiger charge is 2.11. The molecule has 5 nitrogen and oxygen atoms in total. The first-order valence-corrected chi connectivity index (χ1v) is 9.08. The van der Waals surface area contributed by atoms with Crippen molar-refractivity contribution in [2.45, 2.75) is 19.8 Å². The molecule has 0 fully saturated rings. The van der Waals surface area contributed by atoms with Crippen molar-refractivity contribution in [1.29, 1.82) is 0 Å². The van der Waals surface area contributed by atoms with Gasteiger partial charge >= 0.3 is 0 Å². The normalized spacial score (nSPS) is 10.7. The lowest BCUT2D eigenvalue weighted by Crippen LogP contribution is -2.09. The van der Waals surface area contributed by atoms with Crippen LogP contribution in [0, 0.1) is 0 Å². The molecular weight excluding hydrogens is 366 g/mol. The molecule has 6 heteroatoms. The highest BCUT2D eigenvalue weighted by Crippen LogP contribution is 2.35. The van der Waals surface area contributed by atoms with E-state index in [1.165, 1.54) is 20.3 Å². The molecule has 27 heavy (non-hydrogen) atoms. The van der Waals surface area contributed by atoms with Crippen LogP contribution in [0.25, 0.3) is 6.08 Å². The molecule has 1 N–H and O–H groups in total. The number of benzene rings is 2. The number of hydrogen-bond donors (Lipinski definition) is 1. The topological polar surface area (TPSA) is 56.8 Å². The van der Waals surface area contributed by atoms with E-state index < -0.39 is 0 Å². The Hall–Kier alpha value is -2.66. The average Bonchev–Trinajstić information content (AvgIpc) is 2.68. The van der Waals surface area contributed by atoms with E-state index in [0.717, 1.165) is 24.2 Å². The molecule has 0 aromatic heterocycles. The predicted molar refractivity (Wildman–Crippen MR) is 109 cm³/mol. The van der Waals surface area contributed by atoms with Crippen LogP contribution in [-0.4, -0.2) is 26.7 Å². The Bertz CT molecular complexity index is 788. The van der Waals surface area contributed by atoms with Crippen LogP contribution >= 0.6 is 11.6 Å².